The second-order valence-corrected chi connectivity index (χ2v) is 8.44. The zero-order valence-corrected chi connectivity index (χ0v) is 19.1. The average molecular weight is 466 g/mol. The van der Waals surface area contributed by atoms with Gasteiger partial charge in [0.05, 0.1) is 17.7 Å². The van der Waals surface area contributed by atoms with E-state index in [-0.39, 0.29) is 12.2 Å². The Morgan fingerprint density at radius 1 is 1.15 bits per heavy atom. The number of rotatable bonds is 7. The maximum absolute atomic E-state index is 13.0. The Morgan fingerprint density at radius 3 is 2.79 bits per heavy atom. The fourth-order valence-electron chi connectivity index (χ4n) is 3.50. The molecule has 1 aliphatic heterocycles. The van der Waals surface area contributed by atoms with Gasteiger partial charge < -0.3 is 18.9 Å². The Bertz CT molecular complexity index is 1400. The van der Waals surface area contributed by atoms with Crippen molar-refractivity contribution in [3.8, 4) is 23.0 Å². The third kappa shape index (κ3) is 4.23. The first-order valence-electron chi connectivity index (χ1n) is 10.9. The van der Waals surface area contributed by atoms with Gasteiger partial charge in [0.1, 0.15) is 6.61 Å². The van der Waals surface area contributed by atoms with E-state index in [1.54, 1.807) is 0 Å². The Labute approximate surface area is 194 Å². The van der Waals surface area contributed by atoms with E-state index in [2.05, 4.69) is 17.0 Å². The minimum Gasteiger partial charge on any atom is -0.490 e. The van der Waals surface area contributed by atoms with E-state index in [1.165, 1.54) is 15.9 Å². The van der Waals surface area contributed by atoms with E-state index in [9.17, 15) is 4.79 Å². The van der Waals surface area contributed by atoms with Crippen molar-refractivity contribution in [2.24, 2.45) is 0 Å². The standard InChI is InChI=1S/C24H23N3O5S/c1-3-11-30-17-10-9-15(12-19(17)29-4-2)13-21-23(28)27-24(33-21)25-22(26-27)20-14-31-16-7-5-6-8-18(16)32-20/h5-10,12-13,20H,3-4,11,14H2,1-2H3/b21-13-/t20-/m0/s1. The van der Waals surface area contributed by atoms with Crippen molar-refractivity contribution in [3.05, 3.63) is 68.7 Å². The van der Waals surface area contributed by atoms with Gasteiger partial charge in [0, 0.05) is 0 Å². The lowest BCUT2D eigenvalue weighted by Crippen LogP contribution is -2.26. The molecule has 3 heterocycles. The van der Waals surface area contributed by atoms with Gasteiger partial charge in [0.25, 0.3) is 5.56 Å². The van der Waals surface area contributed by atoms with E-state index in [0.29, 0.717) is 51.5 Å². The van der Waals surface area contributed by atoms with Gasteiger partial charge in [-0.2, -0.15) is 9.50 Å². The normalized spacial score (nSPS) is 15.7. The van der Waals surface area contributed by atoms with Crippen LogP contribution in [0.1, 0.15) is 37.8 Å². The lowest BCUT2D eigenvalue weighted by Gasteiger charge is -2.24. The number of aromatic nitrogens is 3. The third-order valence-electron chi connectivity index (χ3n) is 5.02. The molecule has 33 heavy (non-hydrogen) atoms. The van der Waals surface area contributed by atoms with Gasteiger partial charge in [-0.15, -0.1) is 5.10 Å². The summed E-state index contributed by atoms with van der Waals surface area (Å²) in [6.45, 7) is 5.40. The largest absolute Gasteiger partial charge is 0.490 e. The minimum absolute atomic E-state index is 0.227. The Kier molecular flexibility index (Phi) is 5.87. The van der Waals surface area contributed by atoms with Gasteiger partial charge in [-0.25, -0.2) is 0 Å². The molecule has 0 saturated heterocycles. The van der Waals surface area contributed by atoms with Gasteiger partial charge in [-0.05, 0) is 49.2 Å². The zero-order valence-electron chi connectivity index (χ0n) is 18.3. The predicted molar refractivity (Wildman–Crippen MR) is 125 cm³/mol. The van der Waals surface area contributed by atoms with Crippen molar-refractivity contribution in [1.82, 2.24) is 14.6 Å². The molecule has 0 radical (unpaired) electrons. The maximum Gasteiger partial charge on any atom is 0.291 e. The third-order valence-corrected chi connectivity index (χ3v) is 5.98. The number of thiazole rings is 1. The van der Waals surface area contributed by atoms with Crippen molar-refractivity contribution in [2.75, 3.05) is 19.8 Å². The van der Waals surface area contributed by atoms with Crippen LogP contribution in [0.25, 0.3) is 11.0 Å². The molecule has 170 valence electrons. The number of fused-ring (bicyclic) bond motifs is 2. The van der Waals surface area contributed by atoms with Crippen molar-refractivity contribution in [1.29, 1.82) is 0 Å². The minimum atomic E-state index is -0.469. The highest BCUT2D eigenvalue weighted by Crippen LogP contribution is 2.35. The van der Waals surface area contributed by atoms with E-state index in [0.717, 1.165) is 12.0 Å². The molecule has 2 aromatic heterocycles. The molecule has 0 unspecified atom stereocenters. The van der Waals surface area contributed by atoms with Crippen molar-refractivity contribution in [2.45, 2.75) is 26.4 Å². The topological polar surface area (TPSA) is 84.2 Å². The van der Waals surface area contributed by atoms with E-state index in [4.69, 9.17) is 18.9 Å². The summed E-state index contributed by atoms with van der Waals surface area (Å²) in [6.07, 6.45) is 2.25. The maximum atomic E-state index is 13.0. The molecule has 8 nitrogen and oxygen atoms in total. The molecular formula is C24H23N3O5S. The van der Waals surface area contributed by atoms with Crippen molar-refractivity contribution < 1.29 is 18.9 Å². The summed E-state index contributed by atoms with van der Waals surface area (Å²) in [4.78, 5) is 18.0. The summed E-state index contributed by atoms with van der Waals surface area (Å²) in [7, 11) is 0. The smallest absolute Gasteiger partial charge is 0.291 e. The summed E-state index contributed by atoms with van der Waals surface area (Å²) >= 11 is 1.28. The summed E-state index contributed by atoms with van der Waals surface area (Å²) in [5.74, 6) is 3.11. The molecule has 5 rings (SSSR count). The highest BCUT2D eigenvalue weighted by Gasteiger charge is 2.27. The number of benzene rings is 2. The molecule has 4 aromatic rings. The second-order valence-electron chi connectivity index (χ2n) is 7.43. The monoisotopic (exact) mass is 465 g/mol. The SMILES string of the molecule is CCCOc1ccc(/C=c2\sc3nc([C@@H]4COc5ccccc5O4)nn3c2=O)cc1OCC. The molecule has 1 atom stereocenters. The van der Waals surface area contributed by atoms with Crippen molar-refractivity contribution in [3.63, 3.8) is 0 Å². The van der Waals surface area contributed by atoms with Gasteiger partial charge in [0.2, 0.25) is 4.96 Å². The van der Waals surface area contributed by atoms with E-state index < -0.39 is 6.10 Å². The number of ether oxygens (including phenoxy) is 4. The molecule has 9 heteroatoms. The van der Waals surface area contributed by atoms with Gasteiger partial charge in [0.15, 0.2) is 34.9 Å². The molecule has 0 N–H and O–H groups in total. The first-order valence-corrected chi connectivity index (χ1v) is 11.7. The molecule has 0 spiro atoms. The Balaban J connectivity index is 1.43. The Morgan fingerprint density at radius 2 is 2.00 bits per heavy atom. The van der Waals surface area contributed by atoms with Crippen LogP contribution in [0.5, 0.6) is 23.0 Å². The number of hydrogen-bond donors (Lipinski definition) is 0. The number of para-hydroxylation sites is 2. The van der Waals surface area contributed by atoms with Crippen LogP contribution in [0.4, 0.5) is 0 Å². The molecule has 1 aliphatic rings. The fourth-order valence-corrected chi connectivity index (χ4v) is 4.41. The lowest BCUT2D eigenvalue weighted by atomic mass is 10.2. The van der Waals surface area contributed by atoms with E-state index in [1.807, 2.05) is 55.5 Å². The number of hydrogen-bond acceptors (Lipinski definition) is 8. The van der Waals surface area contributed by atoms with Crippen LogP contribution in [-0.2, 0) is 0 Å². The molecule has 0 aliphatic carbocycles. The summed E-state index contributed by atoms with van der Waals surface area (Å²) in [5, 5.41) is 4.40. The van der Waals surface area contributed by atoms with Gasteiger partial charge in [-0.3, -0.25) is 4.79 Å². The molecule has 0 bridgehead atoms. The molecule has 2 aromatic carbocycles. The first kappa shape index (κ1) is 21.3. The zero-order chi connectivity index (χ0) is 22.8. The predicted octanol–water partition coefficient (Wildman–Crippen LogP) is 3.40. The lowest BCUT2D eigenvalue weighted by molar-refractivity contribution is 0.0852. The Hall–Kier alpha value is -3.59. The van der Waals surface area contributed by atoms with Crippen LogP contribution in [0.3, 0.4) is 0 Å². The fraction of sp³-hybridized carbons (Fsp3) is 0.292. The van der Waals surface area contributed by atoms with Crippen LogP contribution < -0.4 is 29.0 Å². The quantitative estimate of drug-likeness (QED) is 0.414. The van der Waals surface area contributed by atoms with Crippen LogP contribution in [0.2, 0.25) is 0 Å². The van der Waals surface area contributed by atoms with Crippen LogP contribution in [-0.4, -0.2) is 34.4 Å². The van der Waals surface area contributed by atoms with Crippen LogP contribution in [0, 0.1) is 0 Å². The summed E-state index contributed by atoms with van der Waals surface area (Å²) in [5.41, 5.74) is 0.611. The van der Waals surface area contributed by atoms with Crippen molar-refractivity contribution >= 4 is 22.4 Å². The first-order chi connectivity index (χ1) is 16.2. The van der Waals surface area contributed by atoms with Crippen LogP contribution >= 0.6 is 11.3 Å². The highest BCUT2D eigenvalue weighted by molar-refractivity contribution is 7.15. The molecular weight excluding hydrogens is 442 g/mol. The highest BCUT2D eigenvalue weighted by atomic mass is 32.1. The molecule has 0 amide bonds. The van der Waals surface area contributed by atoms with Gasteiger partial charge in [-0.1, -0.05) is 36.5 Å². The second kappa shape index (κ2) is 9.11. The number of nitrogens with zero attached hydrogens (tertiary/aromatic N) is 3. The molecule has 0 fully saturated rings. The average Bonchev–Trinajstić information content (AvgIpc) is 3.38. The van der Waals surface area contributed by atoms with Crippen LogP contribution in [0.15, 0.2) is 47.3 Å². The summed E-state index contributed by atoms with van der Waals surface area (Å²) in [6, 6.07) is 13.1. The molecule has 0 saturated carbocycles. The van der Waals surface area contributed by atoms with E-state index >= 15 is 0 Å². The van der Waals surface area contributed by atoms with Gasteiger partial charge >= 0.3 is 0 Å². The summed E-state index contributed by atoms with van der Waals surface area (Å²) < 4.78 is 25.0.